The van der Waals surface area contributed by atoms with E-state index in [1.54, 1.807) is 7.05 Å². The van der Waals surface area contributed by atoms with E-state index in [1.165, 1.54) is 12.8 Å². The lowest BCUT2D eigenvalue weighted by Gasteiger charge is -2.26. The molecule has 2 rings (SSSR count). The maximum Gasteiger partial charge on any atom is 0.229 e. The zero-order valence-corrected chi connectivity index (χ0v) is 10.5. The lowest BCUT2D eigenvalue weighted by molar-refractivity contribution is 0.490. The Hall–Kier alpha value is -1.10. The van der Waals surface area contributed by atoms with Gasteiger partial charge >= 0.3 is 0 Å². The van der Waals surface area contributed by atoms with Crippen molar-refractivity contribution in [2.75, 3.05) is 17.7 Å². The predicted molar refractivity (Wildman–Crippen MR) is 64.8 cm³/mol. The van der Waals surface area contributed by atoms with E-state index in [0.717, 1.165) is 0 Å². The number of nitrogens with one attached hydrogen (secondary N) is 2. The van der Waals surface area contributed by atoms with Crippen molar-refractivity contribution in [3.8, 4) is 0 Å². The van der Waals surface area contributed by atoms with E-state index in [4.69, 9.17) is 11.6 Å². The van der Waals surface area contributed by atoms with Crippen LogP contribution in [0.4, 0.5) is 11.9 Å². The number of hydrogen-bond acceptors (Lipinski definition) is 5. The van der Waals surface area contributed by atoms with Crippen molar-refractivity contribution in [3.05, 3.63) is 5.28 Å². The van der Waals surface area contributed by atoms with Gasteiger partial charge in [0.2, 0.25) is 17.2 Å². The summed E-state index contributed by atoms with van der Waals surface area (Å²) in [7, 11) is 1.75. The Bertz CT molecular complexity index is 389. The highest BCUT2D eigenvalue weighted by Crippen LogP contribution is 2.40. The molecule has 1 aromatic heterocycles. The number of anilines is 2. The number of nitrogens with zero attached hydrogens (tertiary/aromatic N) is 3. The largest absolute Gasteiger partial charge is 0.357 e. The Morgan fingerprint density at radius 1 is 1.19 bits per heavy atom. The SMILES string of the molecule is CNc1nc(Cl)nc(NC(C)(C)C2CC2)n1. The summed E-state index contributed by atoms with van der Waals surface area (Å²) in [6.07, 6.45) is 2.52. The molecule has 1 heterocycles. The molecule has 0 saturated heterocycles. The molecule has 0 aliphatic heterocycles. The summed E-state index contributed by atoms with van der Waals surface area (Å²) in [5.41, 5.74) is 0.00962. The van der Waals surface area contributed by atoms with Gasteiger partial charge in [-0.3, -0.25) is 0 Å². The van der Waals surface area contributed by atoms with Crippen LogP contribution in [0, 0.1) is 5.92 Å². The normalized spacial score (nSPS) is 16.0. The third kappa shape index (κ3) is 2.52. The molecular formula is C10H16ClN5. The third-order valence-electron chi connectivity index (χ3n) is 2.86. The minimum atomic E-state index is 0.00962. The lowest BCUT2D eigenvalue weighted by Crippen LogP contribution is -2.34. The zero-order chi connectivity index (χ0) is 11.8. The van der Waals surface area contributed by atoms with Gasteiger partial charge in [-0.2, -0.15) is 15.0 Å². The highest BCUT2D eigenvalue weighted by molar-refractivity contribution is 6.28. The first-order valence-corrected chi connectivity index (χ1v) is 5.76. The van der Waals surface area contributed by atoms with E-state index in [9.17, 15) is 0 Å². The second-order valence-corrected chi connectivity index (χ2v) is 4.96. The maximum atomic E-state index is 5.81. The molecule has 0 aromatic carbocycles. The molecule has 1 aliphatic carbocycles. The first-order chi connectivity index (χ1) is 7.51. The van der Waals surface area contributed by atoms with E-state index in [1.807, 2.05) is 0 Å². The zero-order valence-electron chi connectivity index (χ0n) is 9.71. The van der Waals surface area contributed by atoms with E-state index >= 15 is 0 Å². The highest BCUT2D eigenvalue weighted by atomic mass is 35.5. The Kier molecular flexibility index (Phi) is 2.88. The number of hydrogen-bond donors (Lipinski definition) is 2. The summed E-state index contributed by atoms with van der Waals surface area (Å²) in [4.78, 5) is 12.2. The van der Waals surface area contributed by atoms with Crippen molar-refractivity contribution in [1.82, 2.24) is 15.0 Å². The summed E-state index contributed by atoms with van der Waals surface area (Å²) in [5, 5.41) is 6.36. The van der Waals surface area contributed by atoms with Gasteiger partial charge in [0.1, 0.15) is 0 Å². The molecule has 0 atom stereocenters. The van der Waals surface area contributed by atoms with Crippen molar-refractivity contribution in [2.45, 2.75) is 32.2 Å². The Morgan fingerprint density at radius 2 is 1.81 bits per heavy atom. The van der Waals surface area contributed by atoms with Crippen LogP contribution in [0.15, 0.2) is 0 Å². The van der Waals surface area contributed by atoms with Gasteiger partial charge in [0, 0.05) is 12.6 Å². The molecule has 0 radical (unpaired) electrons. The number of rotatable bonds is 4. The van der Waals surface area contributed by atoms with Crippen LogP contribution in [0.1, 0.15) is 26.7 Å². The van der Waals surface area contributed by atoms with Gasteiger partial charge in [-0.05, 0) is 44.2 Å². The number of halogens is 1. The van der Waals surface area contributed by atoms with Crippen LogP contribution < -0.4 is 10.6 Å². The molecule has 0 bridgehead atoms. The van der Waals surface area contributed by atoms with Crippen molar-refractivity contribution < 1.29 is 0 Å². The second-order valence-electron chi connectivity index (χ2n) is 4.62. The minimum Gasteiger partial charge on any atom is -0.357 e. The van der Waals surface area contributed by atoms with Gasteiger partial charge in [-0.1, -0.05) is 0 Å². The quantitative estimate of drug-likeness (QED) is 0.846. The van der Waals surface area contributed by atoms with E-state index in [2.05, 4.69) is 39.4 Å². The third-order valence-corrected chi connectivity index (χ3v) is 3.03. The van der Waals surface area contributed by atoms with Gasteiger partial charge < -0.3 is 10.6 Å². The monoisotopic (exact) mass is 241 g/mol. The summed E-state index contributed by atoms with van der Waals surface area (Å²) in [5.74, 6) is 1.71. The van der Waals surface area contributed by atoms with Gasteiger partial charge in [0.05, 0.1) is 0 Å². The molecule has 6 heteroatoms. The molecule has 0 amide bonds. The number of aromatic nitrogens is 3. The van der Waals surface area contributed by atoms with Crippen molar-refractivity contribution in [3.63, 3.8) is 0 Å². The fourth-order valence-electron chi connectivity index (χ4n) is 1.71. The molecule has 1 saturated carbocycles. The maximum absolute atomic E-state index is 5.81. The van der Waals surface area contributed by atoms with Crippen molar-refractivity contribution >= 4 is 23.5 Å². The van der Waals surface area contributed by atoms with Crippen molar-refractivity contribution in [2.24, 2.45) is 5.92 Å². The van der Waals surface area contributed by atoms with Crippen LogP contribution in [0.5, 0.6) is 0 Å². The topological polar surface area (TPSA) is 62.7 Å². The lowest BCUT2D eigenvalue weighted by atomic mass is 9.99. The van der Waals surface area contributed by atoms with E-state index in [-0.39, 0.29) is 10.8 Å². The fraction of sp³-hybridized carbons (Fsp3) is 0.700. The van der Waals surface area contributed by atoms with Gasteiger partial charge in [0.15, 0.2) is 0 Å². The smallest absolute Gasteiger partial charge is 0.229 e. The summed E-state index contributed by atoms with van der Waals surface area (Å²) in [6.45, 7) is 4.31. The molecule has 0 unspecified atom stereocenters. The predicted octanol–water partition coefficient (Wildman–Crippen LogP) is 2.17. The van der Waals surface area contributed by atoms with Crippen LogP contribution >= 0.6 is 11.6 Å². The summed E-state index contributed by atoms with van der Waals surface area (Å²) in [6, 6.07) is 0. The fourth-order valence-corrected chi connectivity index (χ4v) is 1.87. The molecule has 5 nitrogen and oxygen atoms in total. The van der Waals surface area contributed by atoms with Gasteiger partial charge in [0.25, 0.3) is 0 Å². The summed E-state index contributed by atoms with van der Waals surface area (Å²) >= 11 is 5.81. The van der Waals surface area contributed by atoms with Crippen molar-refractivity contribution in [1.29, 1.82) is 0 Å². The second kappa shape index (κ2) is 4.05. The molecule has 1 aromatic rings. The van der Waals surface area contributed by atoms with E-state index < -0.39 is 0 Å². The van der Waals surface area contributed by atoms with Crippen LogP contribution in [-0.2, 0) is 0 Å². The standard InChI is InChI=1S/C10H16ClN5/c1-10(2,6-4-5-6)16-9-14-7(11)13-8(12-3)15-9/h6H,4-5H2,1-3H3,(H2,12,13,14,15,16). The average molecular weight is 242 g/mol. The Labute approximate surface area is 100 Å². The Morgan fingerprint density at radius 3 is 2.38 bits per heavy atom. The first-order valence-electron chi connectivity index (χ1n) is 5.39. The Balaban J connectivity index is 2.16. The van der Waals surface area contributed by atoms with Crippen LogP contribution in [0.3, 0.4) is 0 Å². The summed E-state index contributed by atoms with van der Waals surface area (Å²) < 4.78 is 0. The molecule has 1 fully saturated rings. The van der Waals surface area contributed by atoms with Crippen LogP contribution in [0.25, 0.3) is 0 Å². The van der Waals surface area contributed by atoms with Gasteiger partial charge in [-0.25, -0.2) is 0 Å². The van der Waals surface area contributed by atoms with Crippen LogP contribution in [0.2, 0.25) is 5.28 Å². The van der Waals surface area contributed by atoms with Crippen LogP contribution in [-0.4, -0.2) is 27.5 Å². The molecular weight excluding hydrogens is 226 g/mol. The molecule has 0 spiro atoms. The van der Waals surface area contributed by atoms with Gasteiger partial charge in [-0.15, -0.1) is 0 Å². The molecule has 16 heavy (non-hydrogen) atoms. The molecule has 2 N–H and O–H groups in total. The molecule has 88 valence electrons. The first kappa shape index (κ1) is 11.4. The minimum absolute atomic E-state index is 0.00962. The van der Waals surface area contributed by atoms with E-state index in [0.29, 0.717) is 17.8 Å². The molecule has 1 aliphatic rings. The highest BCUT2D eigenvalue weighted by Gasteiger charge is 2.38. The average Bonchev–Trinajstić information content (AvgIpc) is 2.98.